The van der Waals surface area contributed by atoms with Gasteiger partial charge in [-0.25, -0.2) is 0 Å². The van der Waals surface area contributed by atoms with Gasteiger partial charge >= 0.3 is 0 Å². The Kier molecular flexibility index (Phi) is 6.46. The maximum atomic E-state index is 12.5. The third kappa shape index (κ3) is 5.03. The minimum Gasteiger partial charge on any atom is -0.494 e. The van der Waals surface area contributed by atoms with Crippen LogP contribution in [0.1, 0.15) is 30.0 Å². The monoisotopic (exact) mass is 400 g/mol. The molecule has 0 aliphatic rings. The summed E-state index contributed by atoms with van der Waals surface area (Å²) in [5.41, 5.74) is 1.73. The number of nitrogens with one attached hydrogen (secondary N) is 1. The van der Waals surface area contributed by atoms with Crippen LogP contribution in [0.3, 0.4) is 0 Å². The lowest BCUT2D eigenvalue weighted by Gasteiger charge is -2.07. The molecule has 150 valence electrons. The fourth-order valence-electron chi connectivity index (χ4n) is 2.80. The zero-order valence-corrected chi connectivity index (χ0v) is 16.6. The van der Waals surface area contributed by atoms with Crippen molar-refractivity contribution in [3.8, 4) is 23.1 Å². The van der Waals surface area contributed by atoms with Crippen molar-refractivity contribution in [3.63, 3.8) is 0 Å². The minimum absolute atomic E-state index is 0.0413. The summed E-state index contributed by atoms with van der Waals surface area (Å²) in [6.07, 6.45) is 1.38. The number of amides is 1. The van der Waals surface area contributed by atoms with E-state index >= 15 is 0 Å². The number of benzene rings is 2. The first kappa shape index (κ1) is 20.6. The van der Waals surface area contributed by atoms with Crippen molar-refractivity contribution in [3.05, 3.63) is 77.6 Å². The fraction of sp³-hybridized carbons (Fsp3) is 0.125. The molecule has 2 aromatic carbocycles. The number of rotatable bonds is 7. The maximum Gasteiger partial charge on any atom is 0.266 e. The van der Waals surface area contributed by atoms with Crippen molar-refractivity contribution in [2.24, 2.45) is 0 Å². The van der Waals surface area contributed by atoms with Crippen LogP contribution in [-0.2, 0) is 4.79 Å². The first-order valence-electron chi connectivity index (χ1n) is 9.37. The van der Waals surface area contributed by atoms with Crippen molar-refractivity contribution < 1.29 is 18.7 Å². The first-order valence-corrected chi connectivity index (χ1v) is 9.37. The lowest BCUT2D eigenvalue weighted by atomic mass is 10.1. The molecule has 0 aliphatic carbocycles. The van der Waals surface area contributed by atoms with E-state index in [-0.39, 0.29) is 11.4 Å². The van der Waals surface area contributed by atoms with Crippen LogP contribution in [0.4, 0.5) is 5.69 Å². The molecule has 0 saturated carbocycles. The highest BCUT2D eigenvalue weighted by molar-refractivity contribution is 6.09. The van der Waals surface area contributed by atoms with E-state index in [1.165, 1.54) is 13.0 Å². The molecule has 6 heteroatoms. The molecule has 3 rings (SSSR count). The molecule has 0 bridgehead atoms. The van der Waals surface area contributed by atoms with Crippen molar-refractivity contribution in [1.29, 1.82) is 5.26 Å². The molecular weight excluding hydrogens is 380 g/mol. The molecule has 1 heterocycles. The molecule has 0 aliphatic heterocycles. The van der Waals surface area contributed by atoms with E-state index in [9.17, 15) is 14.9 Å². The first-order chi connectivity index (χ1) is 14.5. The van der Waals surface area contributed by atoms with Gasteiger partial charge in [0.1, 0.15) is 28.9 Å². The molecule has 6 nitrogen and oxygen atoms in total. The summed E-state index contributed by atoms with van der Waals surface area (Å²) >= 11 is 0. The van der Waals surface area contributed by atoms with Crippen molar-refractivity contribution >= 4 is 23.5 Å². The lowest BCUT2D eigenvalue weighted by molar-refractivity contribution is -0.112. The molecule has 0 saturated heterocycles. The number of nitrogens with zero attached hydrogens (tertiary/aromatic N) is 1. The number of hydrogen-bond acceptors (Lipinski definition) is 5. The van der Waals surface area contributed by atoms with Gasteiger partial charge in [-0.15, -0.1) is 0 Å². The van der Waals surface area contributed by atoms with Crippen LogP contribution < -0.4 is 10.1 Å². The second kappa shape index (κ2) is 9.39. The Bertz CT molecular complexity index is 1150. The molecule has 1 aromatic heterocycles. The van der Waals surface area contributed by atoms with Gasteiger partial charge in [0, 0.05) is 29.0 Å². The van der Waals surface area contributed by atoms with Gasteiger partial charge in [-0.3, -0.25) is 9.59 Å². The van der Waals surface area contributed by atoms with Crippen molar-refractivity contribution in [2.75, 3.05) is 11.9 Å². The number of ether oxygens (including phenoxy) is 1. The van der Waals surface area contributed by atoms with E-state index in [2.05, 4.69) is 5.32 Å². The number of carbonyl (C=O) groups is 2. The molecule has 0 radical (unpaired) electrons. The molecular formula is C24H20N2O4. The molecule has 1 N–H and O–H groups in total. The summed E-state index contributed by atoms with van der Waals surface area (Å²) in [7, 11) is 0. The number of carbonyl (C=O) groups excluding carboxylic acids is 2. The lowest BCUT2D eigenvalue weighted by Crippen LogP contribution is -2.13. The van der Waals surface area contributed by atoms with E-state index in [1.807, 2.05) is 19.1 Å². The van der Waals surface area contributed by atoms with Gasteiger partial charge in [-0.05, 0) is 44.2 Å². The van der Waals surface area contributed by atoms with E-state index in [1.54, 1.807) is 54.6 Å². The fourth-order valence-corrected chi connectivity index (χ4v) is 2.80. The van der Waals surface area contributed by atoms with E-state index < -0.39 is 5.91 Å². The highest BCUT2D eigenvalue weighted by Crippen LogP contribution is 2.25. The third-order valence-corrected chi connectivity index (χ3v) is 4.23. The second-order valence-electron chi connectivity index (χ2n) is 6.42. The van der Waals surface area contributed by atoms with E-state index in [0.29, 0.717) is 35.1 Å². The number of hydrogen-bond donors (Lipinski definition) is 1. The van der Waals surface area contributed by atoms with Gasteiger partial charge in [-0.2, -0.15) is 5.26 Å². The number of Topliss-reactive ketones (excluding diaryl/α,β-unsaturated/α-hetero) is 1. The zero-order chi connectivity index (χ0) is 21.5. The Morgan fingerprint density at radius 2 is 1.93 bits per heavy atom. The van der Waals surface area contributed by atoms with E-state index in [4.69, 9.17) is 9.15 Å². The summed E-state index contributed by atoms with van der Waals surface area (Å²) in [5, 5.41) is 12.1. The average molecular weight is 400 g/mol. The molecule has 0 unspecified atom stereocenters. The standard InChI is InChI=1S/C24H20N2O4/c1-3-29-21-9-5-8-20(14-21)26-24(28)19(15-25)13-22-10-11-23(30-22)18-7-4-6-17(12-18)16(2)27/h4-14H,3H2,1-2H3,(H,26,28)/b19-13-. The normalized spacial score (nSPS) is 10.9. The van der Waals surface area contributed by atoms with Gasteiger partial charge in [-0.1, -0.05) is 24.3 Å². The predicted molar refractivity (Wildman–Crippen MR) is 114 cm³/mol. The Morgan fingerprint density at radius 3 is 2.67 bits per heavy atom. The van der Waals surface area contributed by atoms with Crippen LogP contribution in [0.5, 0.6) is 5.75 Å². The summed E-state index contributed by atoms with van der Waals surface area (Å²) in [5.74, 6) is 0.920. The molecule has 30 heavy (non-hydrogen) atoms. The quantitative estimate of drug-likeness (QED) is 0.339. The van der Waals surface area contributed by atoms with Crippen molar-refractivity contribution in [1.82, 2.24) is 0 Å². The largest absolute Gasteiger partial charge is 0.494 e. The Labute approximate surface area is 174 Å². The van der Waals surface area contributed by atoms with Crippen molar-refractivity contribution in [2.45, 2.75) is 13.8 Å². The van der Waals surface area contributed by atoms with Crippen LogP contribution in [0.2, 0.25) is 0 Å². The van der Waals surface area contributed by atoms with Crippen LogP contribution in [0.15, 0.2) is 70.7 Å². The van der Waals surface area contributed by atoms with Crippen LogP contribution >= 0.6 is 0 Å². The highest BCUT2D eigenvalue weighted by atomic mass is 16.5. The minimum atomic E-state index is -0.553. The topological polar surface area (TPSA) is 92.3 Å². The summed E-state index contributed by atoms with van der Waals surface area (Å²) in [6, 6.07) is 19.3. The van der Waals surface area contributed by atoms with Gasteiger partial charge in [0.05, 0.1) is 6.61 Å². The van der Waals surface area contributed by atoms with Crippen LogP contribution in [-0.4, -0.2) is 18.3 Å². The summed E-state index contributed by atoms with van der Waals surface area (Å²) < 4.78 is 11.2. The number of nitriles is 1. The summed E-state index contributed by atoms with van der Waals surface area (Å²) in [4.78, 5) is 24.1. The third-order valence-electron chi connectivity index (χ3n) is 4.23. The summed E-state index contributed by atoms with van der Waals surface area (Å²) in [6.45, 7) is 3.88. The number of ketones is 1. The zero-order valence-electron chi connectivity index (χ0n) is 16.6. The smallest absolute Gasteiger partial charge is 0.266 e. The molecule has 0 atom stereocenters. The average Bonchev–Trinajstić information content (AvgIpc) is 3.21. The van der Waals surface area contributed by atoms with Crippen LogP contribution in [0.25, 0.3) is 17.4 Å². The molecule has 3 aromatic rings. The Hall–Kier alpha value is -4.11. The molecule has 0 spiro atoms. The highest BCUT2D eigenvalue weighted by Gasteiger charge is 2.12. The SMILES string of the molecule is CCOc1cccc(NC(=O)/C(C#N)=C\c2ccc(-c3cccc(C(C)=O)c3)o2)c1. The maximum absolute atomic E-state index is 12.5. The van der Waals surface area contributed by atoms with Gasteiger partial charge in [0.25, 0.3) is 5.91 Å². The Morgan fingerprint density at radius 1 is 1.13 bits per heavy atom. The van der Waals surface area contributed by atoms with Crippen LogP contribution in [0, 0.1) is 11.3 Å². The van der Waals surface area contributed by atoms with E-state index in [0.717, 1.165) is 5.56 Å². The van der Waals surface area contributed by atoms with Gasteiger partial charge < -0.3 is 14.5 Å². The second-order valence-corrected chi connectivity index (χ2v) is 6.42. The number of furan rings is 1. The Balaban J connectivity index is 1.79. The molecule has 0 fully saturated rings. The predicted octanol–water partition coefficient (Wildman–Crippen LogP) is 5.09. The molecule has 1 amide bonds. The number of anilines is 1. The van der Waals surface area contributed by atoms with Gasteiger partial charge in [0.2, 0.25) is 0 Å². The van der Waals surface area contributed by atoms with Gasteiger partial charge in [0.15, 0.2) is 5.78 Å².